The van der Waals surface area contributed by atoms with Crippen molar-refractivity contribution in [3.8, 4) is 5.75 Å². The Morgan fingerprint density at radius 3 is 2.77 bits per heavy atom. The zero-order valence-electron chi connectivity index (χ0n) is 13.2. The van der Waals surface area contributed by atoms with Gasteiger partial charge in [-0.1, -0.05) is 18.2 Å². The van der Waals surface area contributed by atoms with Gasteiger partial charge in [-0.05, 0) is 43.2 Å². The monoisotopic (exact) mass is 318 g/mol. The third kappa shape index (κ3) is 4.58. The van der Waals surface area contributed by atoms with Crippen LogP contribution in [0.1, 0.15) is 16.5 Å². The molecule has 118 valence electrons. The number of amides is 1. The summed E-state index contributed by atoms with van der Waals surface area (Å²) in [6.45, 7) is 0.574. The van der Waals surface area contributed by atoms with Crippen molar-refractivity contribution >= 4 is 17.2 Å². The molecular formula is C17H22N2O2S. The summed E-state index contributed by atoms with van der Waals surface area (Å²) in [5.74, 6) is 0.881. The van der Waals surface area contributed by atoms with E-state index >= 15 is 0 Å². The summed E-state index contributed by atoms with van der Waals surface area (Å²) in [5.41, 5.74) is 1.13. The molecule has 1 aromatic carbocycles. The quantitative estimate of drug-likeness (QED) is 0.853. The molecule has 1 aromatic heterocycles. The Bertz CT molecular complexity index is 596. The van der Waals surface area contributed by atoms with Gasteiger partial charge in [0.25, 0.3) is 0 Å². The lowest BCUT2D eigenvalue weighted by molar-refractivity contribution is -0.120. The van der Waals surface area contributed by atoms with Gasteiger partial charge < -0.3 is 15.0 Å². The number of hydrogen-bond donors (Lipinski definition) is 1. The van der Waals surface area contributed by atoms with Gasteiger partial charge in [0.1, 0.15) is 5.75 Å². The standard InChI is InChI=1S/C17H22N2O2S/c1-19(2)16(13-6-4-7-14(10-13)21-3)12-18-17(20)11-15-8-5-9-22-15/h4-10,16H,11-12H2,1-3H3,(H,18,20). The molecule has 0 spiro atoms. The van der Waals surface area contributed by atoms with Crippen molar-refractivity contribution in [2.24, 2.45) is 0 Å². The summed E-state index contributed by atoms with van der Waals surface area (Å²) < 4.78 is 5.28. The van der Waals surface area contributed by atoms with E-state index < -0.39 is 0 Å². The van der Waals surface area contributed by atoms with Gasteiger partial charge in [-0.2, -0.15) is 0 Å². The summed E-state index contributed by atoms with van der Waals surface area (Å²) in [7, 11) is 5.68. The maximum absolute atomic E-state index is 12.0. The zero-order chi connectivity index (χ0) is 15.9. The van der Waals surface area contributed by atoms with E-state index in [1.807, 2.05) is 49.8 Å². The molecule has 0 saturated carbocycles. The van der Waals surface area contributed by atoms with Crippen LogP contribution in [0, 0.1) is 0 Å². The molecular weight excluding hydrogens is 296 g/mol. The maximum atomic E-state index is 12.0. The van der Waals surface area contributed by atoms with Crippen molar-refractivity contribution in [3.63, 3.8) is 0 Å². The molecule has 22 heavy (non-hydrogen) atoms. The largest absolute Gasteiger partial charge is 0.497 e. The van der Waals surface area contributed by atoms with Crippen LogP contribution in [-0.2, 0) is 11.2 Å². The molecule has 0 saturated heterocycles. The summed E-state index contributed by atoms with van der Waals surface area (Å²) >= 11 is 1.61. The van der Waals surface area contributed by atoms with E-state index in [1.54, 1.807) is 18.4 Å². The Morgan fingerprint density at radius 1 is 1.32 bits per heavy atom. The van der Waals surface area contributed by atoms with Crippen molar-refractivity contribution in [3.05, 3.63) is 52.2 Å². The van der Waals surface area contributed by atoms with Gasteiger partial charge in [0.05, 0.1) is 19.6 Å². The highest BCUT2D eigenvalue weighted by Crippen LogP contribution is 2.22. The first kappa shape index (κ1) is 16.5. The smallest absolute Gasteiger partial charge is 0.225 e. The number of nitrogens with zero attached hydrogens (tertiary/aromatic N) is 1. The summed E-state index contributed by atoms with van der Waals surface area (Å²) in [4.78, 5) is 15.2. The molecule has 4 nitrogen and oxygen atoms in total. The topological polar surface area (TPSA) is 41.6 Å². The highest BCUT2D eigenvalue weighted by atomic mass is 32.1. The molecule has 0 bridgehead atoms. The number of rotatable bonds is 7. The lowest BCUT2D eigenvalue weighted by atomic mass is 10.1. The Morgan fingerprint density at radius 2 is 2.14 bits per heavy atom. The molecule has 0 aliphatic heterocycles. The summed E-state index contributed by atoms with van der Waals surface area (Å²) in [6, 6.07) is 12.0. The number of thiophene rings is 1. The minimum absolute atomic E-state index is 0.0530. The number of likely N-dealkylation sites (N-methyl/N-ethyl adjacent to an activating group) is 1. The van der Waals surface area contributed by atoms with E-state index in [1.165, 1.54) is 0 Å². The van der Waals surface area contributed by atoms with Crippen LogP contribution in [-0.4, -0.2) is 38.6 Å². The third-order valence-corrected chi connectivity index (χ3v) is 4.39. The molecule has 1 atom stereocenters. The van der Waals surface area contributed by atoms with Gasteiger partial charge in [0.2, 0.25) is 5.91 Å². The second-order valence-corrected chi connectivity index (χ2v) is 6.35. The minimum Gasteiger partial charge on any atom is -0.497 e. The molecule has 0 radical (unpaired) electrons. The summed E-state index contributed by atoms with van der Waals surface area (Å²) in [6.07, 6.45) is 0.440. The highest BCUT2D eigenvalue weighted by molar-refractivity contribution is 7.10. The third-order valence-electron chi connectivity index (χ3n) is 3.51. The molecule has 0 fully saturated rings. The van der Waals surface area contributed by atoms with Crippen LogP contribution in [0.5, 0.6) is 5.75 Å². The van der Waals surface area contributed by atoms with E-state index in [2.05, 4.69) is 16.3 Å². The first-order chi connectivity index (χ1) is 10.6. The molecule has 2 rings (SSSR count). The molecule has 0 aliphatic carbocycles. The number of carbonyl (C=O) groups excluding carboxylic acids is 1. The molecule has 1 heterocycles. The second-order valence-electron chi connectivity index (χ2n) is 5.32. The zero-order valence-corrected chi connectivity index (χ0v) is 14.0. The second kappa shape index (κ2) is 7.96. The van der Waals surface area contributed by atoms with Crippen molar-refractivity contribution < 1.29 is 9.53 Å². The Hall–Kier alpha value is -1.85. The van der Waals surface area contributed by atoms with Crippen LogP contribution < -0.4 is 10.1 Å². The SMILES string of the molecule is COc1cccc(C(CNC(=O)Cc2cccs2)N(C)C)c1. The van der Waals surface area contributed by atoms with Crippen molar-refractivity contribution in [1.29, 1.82) is 0 Å². The Kier molecular flexibility index (Phi) is 5.98. The van der Waals surface area contributed by atoms with E-state index in [0.29, 0.717) is 13.0 Å². The average Bonchev–Trinajstić information content (AvgIpc) is 3.00. The molecule has 5 heteroatoms. The van der Waals surface area contributed by atoms with Gasteiger partial charge in [0, 0.05) is 11.4 Å². The van der Waals surface area contributed by atoms with E-state index in [0.717, 1.165) is 16.2 Å². The fourth-order valence-corrected chi connectivity index (χ4v) is 3.00. The predicted octanol–water partition coefficient (Wildman–Crippen LogP) is 2.72. The maximum Gasteiger partial charge on any atom is 0.225 e. The molecule has 1 amide bonds. The molecule has 0 aliphatic rings. The van der Waals surface area contributed by atoms with Crippen molar-refractivity contribution in [2.75, 3.05) is 27.7 Å². The number of methoxy groups -OCH3 is 1. The normalized spacial score (nSPS) is 12.2. The van der Waals surface area contributed by atoms with Crippen LogP contribution in [0.2, 0.25) is 0 Å². The van der Waals surface area contributed by atoms with Crippen LogP contribution in [0.4, 0.5) is 0 Å². The number of carbonyl (C=O) groups is 1. The average molecular weight is 318 g/mol. The van der Waals surface area contributed by atoms with Crippen LogP contribution in [0.3, 0.4) is 0 Å². The van der Waals surface area contributed by atoms with Crippen LogP contribution >= 0.6 is 11.3 Å². The van der Waals surface area contributed by atoms with Gasteiger partial charge >= 0.3 is 0 Å². The van der Waals surface area contributed by atoms with E-state index in [4.69, 9.17) is 4.74 Å². The number of hydrogen-bond acceptors (Lipinski definition) is 4. The van der Waals surface area contributed by atoms with Gasteiger partial charge in [-0.25, -0.2) is 0 Å². The van der Waals surface area contributed by atoms with E-state index in [9.17, 15) is 4.79 Å². The van der Waals surface area contributed by atoms with Crippen molar-refractivity contribution in [2.45, 2.75) is 12.5 Å². The number of benzene rings is 1. The summed E-state index contributed by atoms with van der Waals surface area (Å²) in [5, 5.41) is 5.01. The fourth-order valence-electron chi connectivity index (χ4n) is 2.29. The van der Waals surface area contributed by atoms with Crippen molar-refractivity contribution in [1.82, 2.24) is 10.2 Å². The molecule has 1 N–H and O–H groups in total. The first-order valence-electron chi connectivity index (χ1n) is 7.19. The lowest BCUT2D eigenvalue weighted by Gasteiger charge is -2.25. The van der Waals surface area contributed by atoms with Crippen LogP contribution in [0.15, 0.2) is 41.8 Å². The fraction of sp³-hybridized carbons (Fsp3) is 0.353. The first-order valence-corrected chi connectivity index (χ1v) is 8.07. The number of ether oxygens (including phenoxy) is 1. The Balaban J connectivity index is 1.98. The molecule has 2 aromatic rings. The van der Waals surface area contributed by atoms with Gasteiger partial charge in [0.15, 0.2) is 0 Å². The Labute approximate surface area is 135 Å². The van der Waals surface area contributed by atoms with Gasteiger partial charge in [-0.15, -0.1) is 11.3 Å². The number of nitrogens with one attached hydrogen (secondary N) is 1. The lowest BCUT2D eigenvalue weighted by Crippen LogP contribution is -2.35. The predicted molar refractivity (Wildman–Crippen MR) is 90.5 cm³/mol. The van der Waals surface area contributed by atoms with E-state index in [-0.39, 0.29) is 11.9 Å². The molecule has 1 unspecified atom stereocenters. The minimum atomic E-state index is 0.0530. The van der Waals surface area contributed by atoms with Crippen LogP contribution in [0.25, 0.3) is 0 Å². The highest BCUT2D eigenvalue weighted by Gasteiger charge is 2.16. The van der Waals surface area contributed by atoms with Gasteiger partial charge in [-0.3, -0.25) is 4.79 Å².